The summed E-state index contributed by atoms with van der Waals surface area (Å²) in [4.78, 5) is 14.6. The summed E-state index contributed by atoms with van der Waals surface area (Å²) in [5, 5.41) is 10.6. The van der Waals surface area contributed by atoms with Crippen molar-refractivity contribution in [3.05, 3.63) is 64.7 Å². The second kappa shape index (κ2) is 9.05. The van der Waals surface area contributed by atoms with E-state index in [1.807, 2.05) is 70.2 Å². The molecule has 4 nitrogen and oxygen atoms in total. The van der Waals surface area contributed by atoms with Gasteiger partial charge in [0, 0.05) is 13.0 Å². The standard InChI is InChI=1S/C23H31NO3/c1-15-12-20(27-6)13-16(2)21(15)14-17(3)23(26)24(5)18(4)22(25)19-10-8-7-9-11-19/h7-13,17-18,22,25H,14H2,1-6H3/t17-,18+,22-/m1/s1. The molecule has 0 aromatic heterocycles. The molecule has 0 aliphatic carbocycles. The lowest BCUT2D eigenvalue weighted by molar-refractivity contribution is -0.137. The zero-order valence-electron chi connectivity index (χ0n) is 17.2. The Balaban J connectivity index is 2.10. The topological polar surface area (TPSA) is 49.8 Å². The van der Waals surface area contributed by atoms with E-state index in [2.05, 4.69) is 0 Å². The highest BCUT2D eigenvalue weighted by molar-refractivity contribution is 5.79. The van der Waals surface area contributed by atoms with Crippen molar-refractivity contribution >= 4 is 5.91 Å². The van der Waals surface area contributed by atoms with E-state index >= 15 is 0 Å². The van der Waals surface area contributed by atoms with E-state index in [-0.39, 0.29) is 17.9 Å². The second-order valence-corrected chi connectivity index (χ2v) is 7.39. The molecule has 27 heavy (non-hydrogen) atoms. The van der Waals surface area contributed by atoms with Gasteiger partial charge in [-0.3, -0.25) is 4.79 Å². The summed E-state index contributed by atoms with van der Waals surface area (Å²) in [6.07, 6.45) is -0.0456. The van der Waals surface area contributed by atoms with Gasteiger partial charge in [0.25, 0.3) is 0 Å². The largest absolute Gasteiger partial charge is 0.497 e. The summed E-state index contributed by atoms with van der Waals surface area (Å²) >= 11 is 0. The molecule has 0 saturated carbocycles. The van der Waals surface area contributed by atoms with E-state index in [1.54, 1.807) is 19.1 Å². The van der Waals surface area contributed by atoms with Crippen LogP contribution in [0.2, 0.25) is 0 Å². The van der Waals surface area contributed by atoms with E-state index in [0.29, 0.717) is 6.42 Å². The number of benzene rings is 2. The number of rotatable bonds is 7. The van der Waals surface area contributed by atoms with Crippen molar-refractivity contribution in [1.82, 2.24) is 4.90 Å². The molecule has 0 aliphatic rings. The number of nitrogens with zero attached hydrogens (tertiary/aromatic N) is 1. The molecule has 0 saturated heterocycles. The van der Waals surface area contributed by atoms with Crippen LogP contribution in [0.4, 0.5) is 0 Å². The minimum absolute atomic E-state index is 0.0344. The first kappa shape index (κ1) is 21.0. The predicted octanol–water partition coefficient (Wildman–Crippen LogP) is 4.07. The molecule has 2 rings (SSSR count). The Bertz CT molecular complexity index is 749. The normalized spacial score (nSPS) is 14.3. The van der Waals surface area contributed by atoms with Crippen molar-refractivity contribution in [2.45, 2.75) is 46.3 Å². The van der Waals surface area contributed by atoms with Crippen LogP contribution in [0, 0.1) is 19.8 Å². The fraction of sp³-hybridized carbons (Fsp3) is 0.435. The monoisotopic (exact) mass is 369 g/mol. The number of aliphatic hydroxyl groups is 1. The SMILES string of the molecule is COc1cc(C)c(C[C@@H](C)C(=O)N(C)[C@@H](C)[C@@H](O)c2ccccc2)c(C)c1. The molecule has 0 fully saturated rings. The fourth-order valence-corrected chi connectivity index (χ4v) is 3.48. The Kier molecular flexibility index (Phi) is 7.03. The van der Waals surface area contributed by atoms with Crippen molar-refractivity contribution < 1.29 is 14.6 Å². The van der Waals surface area contributed by atoms with Crippen LogP contribution in [0.3, 0.4) is 0 Å². The number of aryl methyl sites for hydroxylation is 2. The van der Waals surface area contributed by atoms with Gasteiger partial charge in [0.1, 0.15) is 5.75 Å². The van der Waals surface area contributed by atoms with Crippen LogP contribution in [0.15, 0.2) is 42.5 Å². The minimum atomic E-state index is -0.711. The summed E-state index contributed by atoms with van der Waals surface area (Å²) in [5.74, 6) is 0.697. The van der Waals surface area contributed by atoms with Gasteiger partial charge in [0.2, 0.25) is 5.91 Å². The Hall–Kier alpha value is -2.33. The number of carbonyl (C=O) groups excluding carboxylic acids is 1. The Morgan fingerprint density at radius 1 is 1.11 bits per heavy atom. The highest BCUT2D eigenvalue weighted by atomic mass is 16.5. The molecule has 2 aromatic carbocycles. The van der Waals surface area contributed by atoms with Gasteiger partial charge in [-0.2, -0.15) is 0 Å². The van der Waals surface area contributed by atoms with Crippen LogP contribution in [-0.4, -0.2) is 36.1 Å². The highest BCUT2D eigenvalue weighted by Gasteiger charge is 2.27. The molecular formula is C23H31NO3. The van der Waals surface area contributed by atoms with Crippen molar-refractivity contribution in [2.24, 2.45) is 5.92 Å². The van der Waals surface area contributed by atoms with Crippen molar-refractivity contribution in [2.75, 3.05) is 14.2 Å². The first-order chi connectivity index (χ1) is 12.8. The van der Waals surface area contributed by atoms with Crippen LogP contribution in [-0.2, 0) is 11.2 Å². The Morgan fingerprint density at radius 2 is 1.67 bits per heavy atom. The molecule has 1 N–H and O–H groups in total. The van der Waals surface area contributed by atoms with Crippen molar-refractivity contribution in [3.63, 3.8) is 0 Å². The van der Waals surface area contributed by atoms with Gasteiger partial charge in [0.15, 0.2) is 0 Å². The van der Waals surface area contributed by atoms with E-state index in [4.69, 9.17) is 4.74 Å². The van der Waals surface area contributed by atoms with E-state index in [0.717, 1.165) is 22.4 Å². The summed E-state index contributed by atoms with van der Waals surface area (Å²) in [5.41, 5.74) is 4.26. The van der Waals surface area contributed by atoms with Gasteiger partial charge in [-0.25, -0.2) is 0 Å². The van der Waals surface area contributed by atoms with Gasteiger partial charge < -0.3 is 14.7 Å². The van der Waals surface area contributed by atoms with Crippen LogP contribution in [0.25, 0.3) is 0 Å². The number of hydrogen-bond acceptors (Lipinski definition) is 3. The number of methoxy groups -OCH3 is 1. The molecule has 0 unspecified atom stereocenters. The minimum Gasteiger partial charge on any atom is -0.497 e. The van der Waals surface area contributed by atoms with Crippen LogP contribution < -0.4 is 4.74 Å². The number of hydrogen-bond donors (Lipinski definition) is 1. The van der Waals surface area contributed by atoms with Crippen LogP contribution in [0.1, 0.15) is 42.2 Å². The highest BCUT2D eigenvalue weighted by Crippen LogP contribution is 2.26. The molecule has 2 aromatic rings. The van der Waals surface area contributed by atoms with Gasteiger partial charge in [0.05, 0.1) is 19.3 Å². The van der Waals surface area contributed by atoms with Crippen molar-refractivity contribution in [1.29, 1.82) is 0 Å². The molecule has 0 aliphatic heterocycles. The lowest BCUT2D eigenvalue weighted by atomic mass is 9.92. The number of carbonyl (C=O) groups is 1. The van der Waals surface area contributed by atoms with Crippen LogP contribution in [0.5, 0.6) is 5.75 Å². The molecule has 4 heteroatoms. The Morgan fingerprint density at radius 3 is 2.19 bits per heavy atom. The summed E-state index contributed by atoms with van der Waals surface area (Å²) in [6, 6.07) is 13.2. The lowest BCUT2D eigenvalue weighted by Gasteiger charge is -2.31. The summed E-state index contributed by atoms with van der Waals surface area (Å²) in [6.45, 7) is 7.93. The molecule has 1 amide bonds. The maximum absolute atomic E-state index is 13.0. The average molecular weight is 370 g/mol. The van der Waals surface area contributed by atoms with Gasteiger partial charge in [-0.15, -0.1) is 0 Å². The fourth-order valence-electron chi connectivity index (χ4n) is 3.48. The number of amides is 1. The van der Waals surface area contributed by atoms with Crippen molar-refractivity contribution in [3.8, 4) is 5.75 Å². The third kappa shape index (κ3) is 4.89. The molecule has 0 heterocycles. The summed E-state index contributed by atoms with van der Waals surface area (Å²) < 4.78 is 5.32. The van der Waals surface area contributed by atoms with E-state index in [1.165, 1.54) is 5.56 Å². The average Bonchev–Trinajstić information content (AvgIpc) is 2.68. The third-order valence-electron chi connectivity index (χ3n) is 5.39. The third-order valence-corrected chi connectivity index (χ3v) is 5.39. The molecular weight excluding hydrogens is 338 g/mol. The number of aliphatic hydroxyl groups excluding tert-OH is 1. The Labute approximate surface area is 162 Å². The van der Waals surface area contributed by atoms with Gasteiger partial charge in [-0.1, -0.05) is 37.3 Å². The first-order valence-electron chi connectivity index (χ1n) is 9.40. The first-order valence-corrected chi connectivity index (χ1v) is 9.40. The second-order valence-electron chi connectivity index (χ2n) is 7.39. The molecule has 0 bridgehead atoms. The molecule has 146 valence electrons. The smallest absolute Gasteiger partial charge is 0.225 e. The van der Waals surface area contributed by atoms with E-state index in [9.17, 15) is 9.90 Å². The zero-order chi connectivity index (χ0) is 20.1. The number of ether oxygens (including phenoxy) is 1. The molecule has 0 spiro atoms. The lowest BCUT2D eigenvalue weighted by Crippen LogP contribution is -2.42. The maximum Gasteiger partial charge on any atom is 0.225 e. The predicted molar refractivity (Wildman–Crippen MR) is 109 cm³/mol. The number of likely N-dealkylation sites (N-methyl/N-ethyl adjacent to an activating group) is 1. The van der Waals surface area contributed by atoms with Gasteiger partial charge in [-0.05, 0) is 61.6 Å². The quantitative estimate of drug-likeness (QED) is 0.800. The maximum atomic E-state index is 13.0. The van der Waals surface area contributed by atoms with Gasteiger partial charge >= 0.3 is 0 Å². The molecule has 0 radical (unpaired) electrons. The summed E-state index contributed by atoms with van der Waals surface area (Å²) in [7, 11) is 3.43. The molecule has 3 atom stereocenters. The van der Waals surface area contributed by atoms with Crippen LogP contribution >= 0.6 is 0 Å². The van der Waals surface area contributed by atoms with E-state index < -0.39 is 6.10 Å². The zero-order valence-corrected chi connectivity index (χ0v) is 17.2.